The van der Waals surface area contributed by atoms with Gasteiger partial charge in [0.2, 0.25) is 5.91 Å². The maximum atomic E-state index is 11.5. The highest BCUT2D eigenvalue weighted by Crippen LogP contribution is 2.31. The quantitative estimate of drug-likeness (QED) is 0.504. The lowest BCUT2D eigenvalue weighted by molar-refractivity contribution is -0.211. The number of thioether (sulfide) groups is 1. The van der Waals surface area contributed by atoms with E-state index in [4.69, 9.17) is 18.9 Å². The van der Waals surface area contributed by atoms with Crippen LogP contribution in [0.4, 0.5) is 0 Å². The number of rotatable bonds is 6. The second-order valence-electron chi connectivity index (χ2n) is 5.46. The zero-order valence-electron chi connectivity index (χ0n) is 14.8. The smallest absolute Gasteiger partial charge is 0.303 e. The monoisotopic (exact) mass is 377 g/mol. The first kappa shape index (κ1) is 21.2. The highest BCUT2D eigenvalue weighted by atomic mass is 32.2. The summed E-state index contributed by atoms with van der Waals surface area (Å²) < 4.78 is 21.4. The molecule has 9 nitrogen and oxygen atoms in total. The third-order valence-electron chi connectivity index (χ3n) is 3.30. The summed E-state index contributed by atoms with van der Waals surface area (Å²) in [4.78, 5) is 45.7. The van der Waals surface area contributed by atoms with E-state index in [1.807, 2.05) is 0 Å². The van der Waals surface area contributed by atoms with Crippen LogP contribution in [0.2, 0.25) is 0 Å². The van der Waals surface area contributed by atoms with E-state index in [-0.39, 0.29) is 12.5 Å². The van der Waals surface area contributed by atoms with Crippen molar-refractivity contribution in [2.24, 2.45) is 0 Å². The minimum Gasteiger partial charge on any atom is -0.463 e. The van der Waals surface area contributed by atoms with E-state index in [0.29, 0.717) is 0 Å². The van der Waals surface area contributed by atoms with Crippen molar-refractivity contribution in [1.29, 1.82) is 0 Å². The summed E-state index contributed by atoms with van der Waals surface area (Å²) in [5.41, 5.74) is -0.597. The van der Waals surface area contributed by atoms with E-state index in [1.165, 1.54) is 39.5 Å². The minimum atomic E-state index is -1.04. The van der Waals surface area contributed by atoms with Gasteiger partial charge in [0.05, 0.1) is 0 Å². The third kappa shape index (κ3) is 6.54. The van der Waals surface area contributed by atoms with E-state index >= 15 is 0 Å². The molecule has 0 spiro atoms. The predicted octanol–water partition coefficient (Wildman–Crippen LogP) is 0.00550. The summed E-state index contributed by atoms with van der Waals surface area (Å²) in [7, 11) is 0. The molecule has 0 aliphatic carbocycles. The summed E-state index contributed by atoms with van der Waals surface area (Å²) in [6.07, 6.45) is -1.13. The van der Waals surface area contributed by atoms with E-state index < -0.39 is 47.7 Å². The Morgan fingerprint density at radius 2 is 1.52 bits per heavy atom. The fourth-order valence-electron chi connectivity index (χ4n) is 2.49. The highest BCUT2D eigenvalue weighted by molar-refractivity contribution is 7.99. The van der Waals surface area contributed by atoms with Crippen molar-refractivity contribution in [2.75, 3.05) is 12.9 Å². The Morgan fingerprint density at radius 3 is 1.96 bits per heavy atom. The van der Waals surface area contributed by atoms with E-state index in [1.54, 1.807) is 6.26 Å². The number of amides is 1. The topological polar surface area (TPSA) is 117 Å². The Balaban J connectivity index is 3.18. The molecule has 1 aliphatic heterocycles. The number of nitrogens with one attached hydrogen (secondary N) is 1. The van der Waals surface area contributed by atoms with Crippen molar-refractivity contribution in [2.45, 2.75) is 57.5 Å². The molecular weight excluding hydrogens is 354 g/mol. The summed E-state index contributed by atoms with van der Waals surface area (Å²) >= 11 is 1.28. The molecule has 0 unspecified atom stereocenters. The minimum absolute atomic E-state index is 0.186. The van der Waals surface area contributed by atoms with Gasteiger partial charge in [-0.1, -0.05) is 0 Å². The van der Waals surface area contributed by atoms with Crippen molar-refractivity contribution in [3.8, 4) is 0 Å². The molecule has 0 radical (unpaired) electrons. The number of hydrogen-bond donors (Lipinski definition) is 1. The molecule has 1 fully saturated rings. The summed E-state index contributed by atoms with van der Waals surface area (Å²) in [6.45, 7) is 4.77. The van der Waals surface area contributed by atoms with Crippen molar-refractivity contribution in [1.82, 2.24) is 5.32 Å². The molecule has 1 heterocycles. The fourth-order valence-corrected chi connectivity index (χ4v) is 3.26. The third-order valence-corrected chi connectivity index (χ3v) is 4.17. The fraction of sp³-hybridized carbons (Fsp3) is 0.733. The average molecular weight is 377 g/mol. The van der Waals surface area contributed by atoms with Gasteiger partial charge in [-0.3, -0.25) is 19.2 Å². The lowest BCUT2D eigenvalue weighted by atomic mass is 9.97. The molecule has 0 aromatic carbocycles. The molecule has 1 rings (SSSR count). The van der Waals surface area contributed by atoms with Gasteiger partial charge in [0.15, 0.2) is 12.2 Å². The first-order chi connectivity index (χ1) is 11.6. The Hall–Kier alpha value is -1.81. The SMILES string of the molecule is CS[C@@H]1O[C@H](COC(C)=O)[C@@H](OC(C)=O)[C@H](OC(C)=O)[C@H]1NC(C)=O. The number of carbonyl (C=O) groups excluding carboxylic acids is 4. The van der Waals surface area contributed by atoms with Crippen LogP contribution >= 0.6 is 11.8 Å². The van der Waals surface area contributed by atoms with Crippen molar-refractivity contribution in [3.63, 3.8) is 0 Å². The van der Waals surface area contributed by atoms with Gasteiger partial charge >= 0.3 is 17.9 Å². The van der Waals surface area contributed by atoms with Gasteiger partial charge in [-0.15, -0.1) is 11.8 Å². The Morgan fingerprint density at radius 1 is 0.960 bits per heavy atom. The second-order valence-corrected chi connectivity index (χ2v) is 6.39. The maximum Gasteiger partial charge on any atom is 0.303 e. The van der Waals surface area contributed by atoms with Crippen LogP contribution in [-0.4, -0.2) is 66.5 Å². The number of ether oxygens (including phenoxy) is 4. The first-order valence-corrected chi connectivity index (χ1v) is 8.87. The van der Waals surface area contributed by atoms with Gasteiger partial charge in [0, 0.05) is 27.7 Å². The number of hydrogen-bond acceptors (Lipinski definition) is 9. The Bertz CT molecular complexity index is 526. The molecule has 1 aliphatic rings. The van der Waals surface area contributed by atoms with Crippen LogP contribution in [-0.2, 0) is 38.1 Å². The van der Waals surface area contributed by atoms with E-state index in [2.05, 4.69) is 5.32 Å². The summed E-state index contributed by atoms with van der Waals surface area (Å²) in [5.74, 6) is -2.11. The van der Waals surface area contributed by atoms with Crippen molar-refractivity contribution in [3.05, 3.63) is 0 Å². The summed E-state index contributed by atoms with van der Waals surface area (Å²) in [6, 6.07) is -0.741. The van der Waals surface area contributed by atoms with Crippen LogP contribution in [0.1, 0.15) is 27.7 Å². The average Bonchev–Trinajstić information content (AvgIpc) is 2.48. The van der Waals surface area contributed by atoms with Crippen LogP contribution in [0.15, 0.2) is 0 Å². The largest absolute Gasteiger partial charge is 0.463 e. The normalized spacial score (nSPS) is 28.6. The van der Waals surface area contributed by atoms with Crippen LogP contribution in [0.5, 0.6) is 0 Å². The van der Waals surface area contributed by atoms with Gasteiger partial charge in [-0.05, 0) is 6.26 Å². The van der Waals surface area contributed by atoms with Gasteiger partial charge in [-0.2, -0.15) is 0 Å². The highest BCUT2D eigenvalue weighted by Gasteiger charge is 2.50. The van der Waals surface area contributed by atoms with Gasteiger partial charge in [0.25, 0.3) is 0 Å². The zero-order valence-corrected chi connectivity index (χ0v) is 15.6. The Labute approximate surface area is 150 Å². The van der Waals surface area contributed by atoms with Crippen LogP contribution in [0.25, 0.3) is 0 Å². The van der Waals surface area contributed by atoms with Gasteiger partial charge < -0.3 is 24.3 Å². The molecule has 25 heavy (non-hydrogen) atoms. The lowest BCUT2D eigenvalue weighted by Gasteiger charge is -2.44. The molecule has 142 valence electrons. The molecule has 0 aromatic heterocycles. The van der Waals surface area contributed by atoms with Crippen LogP contribution < -0.4 is 5.32 Å². The van der Waals surface area contributed by atoms with Crippen molar-refractivity contribution >= 4 is 35.6 Å². The molecule has 0 aromatic rings. The molecular formula is C15H23NO8S. The predicted molar refractivity (Wildman–Crippen MR) is 87.5 cm³/mol. The van der Waals surface area contributed by atoms with Crippen molar-refractivity contribution < 1.29 is 38.1 Å². The second kappa shape index (κ2) is 9.62. The number of carbonyl (C=O) groups is 4. The summed E-state index contributed by atoms with van der Waals surface area (Å²) in [5, 5.41) is 2.67. The zero-order chi connectivity index (χ0) is 19.1. The maximum absolute atomic E-state index is 11.5. The molecule has 1 saturated heterocycles. The molecule has 5 atom stereocenters. The Kier molecular flexibility index (Phi) is 8.17. The molecule has 1 N–H and O–H groups in total. The van der Waals surface area contributed by atoms with Gasteiger partial charge in [-0.25, -0.2) is 0 Å². The molecule has 0 saturated carbocycles. The standard InChI is InChI=1S/C15H23NO8S/c1-7(17)16-12-14(23-10(4)20)13(22-9(3)19)11(6-21-8(2)18)24-15(12)25-5/h11-15H,6H2,1-5H3,(H,16,17)/t11-,12-,13-,14-,15+/m1/s1. The number of esters is 3. The van der Waals surface area contributed by atoms with Crippen LogP contribution in [0, 0.1) is 0 Å². The van der Waals surface area contributed by atoms with E-state index in [9.17, 15) is 19.2 Å². The van der Waals surface area contributed by atoms with E-state index in [0.717, 1.165) is 0 Å². The molecule has 1 amide bonds. The molecule has 10 heteroatoms. The van der Waals surface area contributed by atoms with Gasteiger partial charge in [0.1, 0.15) is 24.2 Å². The lowest BCUT2D eigenvalue weighted by Crippen LogP contribution is -2.65. The van der Waals surface area contributed by atoms with Crippen LogP contribution in [0.3, 0.4) is 0 Å². The first-order valence-electron chi connectivity index (χ1n) is 7.58. The molecule has 0 bridgehead atoms.